The van der Waals surface area contributed by atoms with Gasteiger partial charge in [0.15, 0.2) is 0 Å². The van der Waals surface area contributed by atoms with Gasteiger partial charge in [-0.25, -0.2) is 8.42 Å². The molecule has 0 N–H and O–H groups in total. The van der Waals surface area contributed by atoms with Crippen LogP contribution in [0.1, 0.15) is 31.9 Å². The molecule has 3 rings (SSSR count). The third kappa shape index (κ3) is 4.05. The molecule has 2 aromatic carbocycles. The first kappa shape index (κ1) is 18.0. The Morgan fingerprint density at radius 2 is 1.80 bits per heavy atom. The quantitative estimate of drug-likeness (QED) is 0.759. The van der Waals surface area contributed by atoms with Crippen LogP contribution in [0.25, 0.3) is 0 Å². The minimum absolute atomic E-state index is 0.107. The first-order chi connectivity index (χ1) is 11.7. The van der Waals surface area contributed by atoms with E-state index in [1.807, 2.05) is 13.0 Å². The van der Waals surface area contributed by atoms with Gasteiger partial charge in [0.1, 0.15) is 18.5 Å². The summed E-state index contributed by atoms with van der Waals surface area (Å²) in [6.07, 6.45) is 0.169. The van der Waals surface area contributed by atoms with Gasteiger partial charge in [0, 0.05) is 0 Å². The van der Waals surface area contributed by atoms with Gasteiger partial charge in [-0.15, -0.1) is 0 Å². The first-order valence-electron chi connectivity index (χ1n) is 8.38. The Morgan fingerprint density at radius 1 is 1.12 bits per heavy atom. The van der Waals surface area contributed by atoms with Crippen LogP contribution in [0.4, 0.5) is 0 Å². The van der Waals surface area contributed by atoms with Gasteiger partial charge < -0.3 is 9.47 Å². The summed E-state index contributed by atoms with van der Waals surface area (Å²) in [7, 11) is -3.56. The smallest absolute Gasteiger partial charge is 0.206 e. The number of ether oxygens (including phenoxy) is 2. The molecule has 1 aliphatic rings. The lowest BCUT2D eigenvalue weighted by atomic mass is 9.87. The summed E-state index contributed by atoms with van der Waals surface area (Å²) in [5.74, 6) is 0.692. The zero-order valence-corrected chi connectivity index (χ0v) is 15.9. The van der Waals surface area contributed by atoms with Crippen molar-refractivity contribution in [1.29, 1.82) is 0 Å². The fourth-order valence-corrected chi connectivity index (χ4v) is 3.95. The molecule has 25 heavy (non-hydrogen) atoms. The first-order valence-corrected chi connectivity index (χ1v) is 9.87. The number of hydrogen-bond donors (Lipinski definition) is 0. The molecule has 0 amide bonds. The molecule has 1 atom stereocenters. The van der Waals surface area contributed by atoms with E-state index in [2.05, 4.69) is 20.8 Å². The Kier molecular flexibility index (Phi) is 4.64. The van der Waals surface area contributed by atoms with Crippen LogP contribution in [0.3, 0.4) is 0 Å². The lowest BCUT2D eigenvalue weighted by Gasteiger charge is -2.19. The summed E-state index contributed by atoms with van der Waals surface area (Å²) in [4.78, 5) is 0.602. The summed E-state index contributed by atoms with van der Waals surface area (Å²) in [5.41, 5.74) is 1.69. The Balaban J connectivity index is 1.90. The average molecular weight is 360 g/mol. The number of epoxide rings is 1. The molecule has 4 nitrogen and oxygen atoms in total. The molecule has 2 aromatic rings. The molecule has 1 unspecified atom stereocenters. The topological polar surface area (TPSA) is 55.9 Å². The molecule has 0 radical (unpaired) electrons. The summed E-state index contributed by atoms with van der Waals surface area (Å²) < 4.78 is 36.8. The SMILES string of the molecule is Cc1cc(S(=O)(=O)c2cccc(C(C)(C)C)c2)ccc1OCC1CO1. The second kappa shape index (κ2) is 6.46. The van der Waals surface area contributed by atoms with E-state index in [1.54, 1.807) is 36.4 Å². The van der Waals surface area contributed by atoms with Crippen LogP contribution in [0, 0.1) is 6.92 Å². The fourth-order valence-electron chi connectivity index (χ4n) is 2.56. The molecule has 0 spiro atoms. The van der Waals surface area contributed by atoms with Crippen molar-refractivity contribution >= 4 is 9.84 Å². The van der Waals surface area contributed by atoms with Gasteiger partial charge in [-0.3, -0.25) is 0 Å². The predicted octanol–water partition coefficient (Wildman–Crippen LogP) is 3.90. The van der Waals surface area contributed by atoms with E-state index in [0.29, 0.717) is 17.3 Å². The molecule has 1 heterocycles. The van der Waals surface area contributed by atoms with Crippen LogP contribution >= 0.6 is 0 Å². The van der Waals surface area contributed by atoms with Crippen LogP contribution in [-0.2, 0) is 20.0 Å². The maximum atomic E-state index is 13.0. The number of sulfone groups is 1. The molecule has 5 heteroatoms. The highest BCUT2D eigenvalue weighted by molar-refractivity contribution is 7.91. The lowest BCUT2D eigenvalue weighted by Crippen LogP contribution is -2.12. The summed E-state index contributed by atoms with van der Waals surface area (Å²) >= 11 is 0. The van der Waals surface area contributed by atoms with E-state index < -0.39 is 9.84 Å². The minimum Gasteiger partial charge on any atom is -0.491 e. The van der Waals surface area contributed by atoms with E-state index in [1.165, 1.54) is 0 Å². The van der Waals surface area contributed by atoms with Crippen molar-refractivity contribution in [3.63, 3.8) is 0 Å². The van der Waals surface area contributed by atoms with E-state index in [9.17, 15) is 8.42 Å². The predicted molar refractivity (Wildman–Crippen MR) is 97.0 cm³/mol. The number of rotatable bonds is 5. The fraction of sp³-hybridized carbons (Fsp3) is 0.400. The van der Waals surface area contributed by atoms with Crippen LogP contribution in [-0.4, -0.2) is 27.7 Å². The maximum absolute atomic E-state index is 13.0. The van der Waals surface area contributed by atoms with Crippen molar-refractivity contribution < 1.29 is 17.9 Å². The Labute approximate surface area is 149 Å². The molecule has 1 fully saturated rings. The van der Waals surface area contributed by atoms with Gasteiger partial charge >= 0.3 is 0 Å². The Hall–Kier alpha value is -1.85. The number of hydrogen-bond acceptors (Lipinski definition) is 4. The van der Waals surface area contributed by atoms with E-state index >= 15 is 0 Å². The van der Waals surface area contributed by atoms with E-state index in [4.69, 9.17) is 9.47 Å². The van der Waals surface area contributed by atoms with Gasteiger partial charge in [0.25, 0.3) is 0 Å². The Morgan fingerprint density at radius 3 is 2.40 bits per heavy atom. The molecule has 0 aromatic heterocycles. The molecular formula is C20H24O4S. The molecule has 134 valence electrons. The van der Waals surface area contributed by atoms with Crippen LogP contribution < -0.4 is 4.74 Å². The largest absolute Gasteiger partial charge is 0.491 e. The minimum atomic E-state index is -3.56. The molecule has 1 saturated heterocycles. The van der Waals surface area contributed by atoms with Gasteiger partial charge in [-0.1, -0.05) is 32.9 Å². The van der Waals surface area contributed by atoms with Crippen molar-refractivity contribution in [2.45, 2.75) is 49.0 Å². The highest BCUT2D eigenvalue weighted by Gasteiger charge is 2.24. The number of benzene rings is 2. The summed E-state index contributed by atoms with van der Waals surface area (Å²) in [6.45, 7) is 9.29. The zero-order valence-electron chi connectivity index (χ0n) is 15.1. The monoisotopic (exact) mass is 360 g/mol. The van der Waals surface area contributed by atoms with Gasteiger partial charge in [0.05, 0.1) is 16.4 Å². The molecule has 0 saturated carbocycles. The molecular weight excluding hydrogens is 336 g/mol. The molecule has 0 aliphatic carbocycles. The molecule has 1 aliphatic heterocycles. The van der Waals surface area contributed by atoms with Crippen LogP contribution in [0.5, 0.6) is 5.75 Å². The van der Waals surface area contributed by atoms with Gasteiger partial charge in [0.2, 0.25) is 9.84 Å². The van der Waals surface area contributed by atoms with Crippen molar-refractivity contribution in [2.24, 2.45) is 0 Å². The summed E-state index contributed by atoms with van der Waals surface area (Å²) in [5, 5.41) is 0. The van der Waals surface area contributed by atoms with Gasteiger partial charge in [-0.2, -0.15) is 0 Å². The summed E-state index contributed by atoms with van der Waals surface area (Å²) in [6, 6.07) is 12.2. The second-order valence-electron chi connectivity index (χ2n) is 7.47. The third-order valence-corrected chi connectivity index (χ3v) is 6.04. The second-order valence-corrected chi connectivity index (χ2v) is 9.42. The van der Waals surface area contributed by atoms with E-state index in [0.717, 1.165) is 17.7 Å². The molecule has 0 bridgehead atoms. The van der Waals surface area contributed by atoms with Crippen LogP contribution in [0.2, 0.25) is 0 Å². The third-order valence-electron chi connectivity index (χ3n) is 4.29. The zero-order chi connectivity index (χ0) is 18.2. The Bertz CT molecular complexity index is 875. The van der Waals surface area contributed by atoms with Crippen molar-refractivity contribution in [3.05, 3.63) is 53.6 Å². The van der Waals surface area contributed by atoms with Gasteiger partial charge in [-0.05, 0) is 53.8 Å². The standard InChI is InChI=1S/C20H24O4S/c1-14-10-18(8-9-19(14)24-13-16-12-23-16)25(21,22)17-7-5-6-15(11-17)20(2,3)4/h5-11,16H,12-13H2,1-4H3. The van der Waals surface area contributed by atoms with Crippen LogP contribution in [0.15, 0.2) is 52.3 Å². The number of aryl methyl sites for hydroxylation is 1. The van der Waals surface area contributed by atoms with E-state index in [-0.39, 0.29) is 16.4 Å². The highest BCUT2D eigenvalue weighted by atomic mass is 32.2. The lowest BCUT2D eigenvalue weighted by molar-refractivity contribution is 0.261. The normalized spacial score (nSPS) is 17.4. The van der Waals surface area contributed by atoms with Crippen molar-refractivity contribution in [2.75, 3.05) is 13.2 Å². The van der Waals surface area contributed by atoms with Crippen molar-refractivity contribution in [1.82, 2.24) is 0 Å². The van der Waals surface area contributed by atoms with Crippen molar-refractivity contribution in [3.8, 4) is 5.75 Å². The highest BCUT2D eigenvalue weighted by Crippen LogP contribution is 2.30. The average Bonchev–Trinajstić information content (AvgIpc) is 3.37. The maximum Gasteiger partial charge on any atom is 0.206 e.